The summed E-state index contributed by atoms with van der Waals surface area (Å²) in [6.45, 7) is 3.56. The number of carbonyl (C=O) groups is 2. The van der Waals surface area contributed by atoms with Crippen molar-refractivity contribution in [2.24, 2.45) is 11.8 Å². The SMILES string of the molecule is C#CCNC(=O)C[C@@H]1CCN(C(=O)c2ccc(F)cc2)C[C@H]1CC. The van der Waals surface area contributed by atoms with Gasteiger partial charge in [-0.05, 0) is 42.5 Å². The molecular weight excluding hydrogens is 307 g/mol. The standard InChI is InChI=1S/C19H23FN2O2/c1-3-10-21-18(23)12-16-9-11-22(13-14(16)4-2)19(24)15-5-7-17(20)8-6-15/h1,5-8,14,16H,4,9-13H2,2H3,(H,21,23)/t14-,16+/m1/s1. The van der Waals surface area contributed by atoms with Crippen molar-refractivity contribution in [3.63, 3.8) is 0 Å². The van der Waals surface area contributed by atoms with Crippen LogP contribution < -0.4 is 5.32 Å². The average molecular weight is 330 g/mol. The Morgan fingerprint density at radius 1 is 1.33 bits per heavy atom. The highest BCUT2D eigenvalue weighted by Gasteiger charge is 2.31. The smallest absolute Gasteiger partial charge is 0.253 e. The van der Waals surface area contributed by atoms with Gasteiger partial charge in [0.1, 0.15) is 5.82 Å². The predicted molar refractivity (Wildman–Crippen MR) is 90.7 cm³/mol. The molecule has 0 aliphatic carbocycles. The van der Waals surface area contributed by atoms with E-state index in [1.54, 1.807) is 4.90 Å². The van der Waals surface area contributed by atoms with Gasteiger partial charge in [-0.3, -0.25) is 9.59 Å². The number of benzene rings is 1. The lowest BCUT2D eigenvalue weighted by Crippen LogP contribution is -2.44. The van der Waals surface area contributed by atoms with Crippen molar-refractivity contribution < 1.29 is 14.0 Å². The molecule has 2 rings (SSSR count). The van der Waals surface area contributed by atoms with Gasteiger partial charge in [0.2, 0.25) is 5.91 Å². The summed E-state index contributed by atoms with van der Waals surface area (Å²) in [5, 5.41) is 2.70. The molecule has 0 saturated carbocycles. The third-order valence-electron chi connectivity index (χ3n) is 4.63. The lowest BCUT2D eigenvalue weighted by atomic mass is 9.81. The molecule has 5 heteroatoms. The third kappa shape index (κ3) is 4.58. The maximum Gasteiger partial charge on any atom is 0.253 e. The molecule has 0 aromatic heterocycles. The number of hydrogen-bond acceptors (Lipinski definition) is 2. The summed E-state index contributed by atoms with van der Waals surface area (Å²) in [4.78, 5) is 26.2. The summed E-state index contributed by atoms with van der Waals surface area (Å²) in [5.74, 6) is 2.46. The molecule has 2 atom stereocenters. The topological polar surface area (TPSA) is 49.4 Å². The Balaban J connectivity index is 1.96. The molecule has 1 heterocycles. The zero-order valence-electron chi connectivity index (χ0n) is 13.9. The maximum atomic E-state index is 13.0. The monoisotopic (exact) mass is 330 g/mol. The zero-order chi connectivity index (χ0) is 17.5. The largest absolute Gasteiger partial charge is 0.345 e. The number of terminal acetylenes is 1. The summed E-state index contributed by atoms with van der Waals surface area (Å²) in [6.07, 6.45) is 7.28. The van der Waals surface area contributed by atoms with Crippen LogP contribution in [0.1, 0.15) is 36.5 Å². The first-order chi connectivity index (χ1) is 11.5. The molecule has 0 radical (unpaired) electrons. The van der Waals surface area contributed by atoms with E-state index in [1.165, 1.54) is 24.3 Å². The molecule has 1 aromatic rings. The third-order valence-corrected chi connectivity index (χ3v) is 4.63. The molecule has 4 nitrogen and oxygen atoms in total. The Bertz CT molecular complexity index is 621. The van der Waals surface area contributed by atoms with Crippen molar-refractivity contribution in [2.75, 3.05) is 19.6 Å². The molecule has 2 amide bonds. The van der Waals surface area contributed by atoms with Crippen LogP contribution in [-0.4, -0.2) is 36.3 Å². The second-order valence-corrected chi connectivity index (χ2v) is 6.16. The van der Waals surface area contributed by atoms with Crippen molar-refractivity contribution in [1.82, 2.24) is 10.2 Å². The lowest BCUT2D eigenvalue weighted by molar-refractivity contribution is -0.122. The van der Waals surface area contributed by atoms with E-state index in [2.05, 4.69) is 18.2 Å². The first-order valence-corrected chi connectivity index (χ1v) is 8.30. The second kappa shape index (κ2) is 8.49. The van der Waals surface area contributed by atoms with Crippen LogP contribution in [0.5, 0.6) is 0 Å². The number of amides is 2. The molecule has 1 saturated heterocycles. The minimum absolute atomic E-state index is 0.0327. The number of rotatable bonds is 5. The summed E-state index contributed by atoms with van der Waals surface area (Å²) >= 11 is 0. The zero-order valence-corrected chi connectivity index (χ0v) is 13.9. The van der Waals surface area contributed by atoms with E-state index in [-0.39, 0.29) is 36.0 Å². The normalized spacial score (nSPS) is 20.3. The van der Waals surface area contributed by atoms with Crippen LogP contribution >= 0.6 is 0 Å². The van der Waals surface area contributed by atoms with E-state index in [4.69, 9.17) is 6.42 Å². The molecule has 128 valence electrons. The van der Waals surface area contributed by atoms with Gasteiger partial charge >= 0.3 is 0 Å². The number of carbonyl (C=O) groups excluding carboxylic acids is 2. The maximum absolute atomic E-state index is 13.0. The van der Waals surface area contributed by atoms with Gasteiger partial charge in [0.25, 0.3) is 5.91 Å². The molecule has 24 heavy (non-hydrogen) atoms. The highest BCUT2D eigenvalue weighted by atomic mass is 19.1. The van der Waals surface area contributed by atoms with Crippen LogP contribution in [0.3, 0.4) is 0 Å². The van der Waals surface area contributed by atoms with Gasteiger partial charge in [0.05, 0.1) is 6.54 Å². The molecule has 0 bridgehead atoms. The molecule has 1 aliphatic rings. The Labute approximate surface area is 142 Å². The number of nitrogens with zero attached hydrogens (tertiary/aromatic N) is 1. The predicted octanol–water partition coefficient (Wildman–Crippen LogP) is 2.45. The fraction of sp³-hybridized carbons (Fsp3) is 0.474. The van der Waals surface area contributed by atoms with Crippen LogP contribution in [-0.2, 0) is 4.79 Å². The molecule has 1 aromatic carbocycles. The Morgan fingerprint density at radius 3 is 2.67 bits per heavy atom. The van der Waals surface area contributed by atoms with E-state index < -0.39 is 0 Å². The van der Waals surface area contributed by atoms with Gasteiger partial charge in [-0.15, -0.1) is 6.42 Å². The fourth-order valence-electron chi connectivity index (χ4n) is 3.23. The van der Waals surface area contributed by atoms with Gasteiger partial charge in [-0.1, -0.05) is 19.3 Å². The fourth-order valence-corrected chi connectivity index (χ4v) is 3.23. The van der Waals surface area contributed by atoms with Gasteiger partial charge < -0.3 is 10.2 Å². The summed E-state index contributed by atoms with van der Waals surface area (Å²) in [6, 6.07) is 5.62. The first-order valence-electron chi connectivity index (χ1n) is 8.30. The number of likely N-dealkylation sites (tertiary alicyclic amines) is 1. The summed E-state index contributed by atoms with van der Waals surface area (Å²) < 4.78 is 13.0. The van der Waals surface area contributed by atoms with Crippen molar-refractivity contribution >= 4 is 11.8 Å². The van der Waals surface area contributed by atoms with Crippen molar-refractivity contribution in [3.05, 3.63) is 35.6 Å². The minimum Gasteiger partial charge on any atom is -0.345 e. The van der Waals surface area contributed by atoms with E-state index in [0.717, 1.165) is 12.8 Å². The summed E-state index contributed by atoms with van der Waals surface area (Å²) in [5.41, 5.74) is 0.497. The Hall–Kier alpha value is -2.35. The van der Waals surface area contributed by atoms with E-state index in [0.29, 0.717) is 25.1 Å². The molecular formula is C19H23FN2O2. The van der Waals surface area contributed by atoms with Crippen LogP contribution in [0.15, 0.2) is 24.3 Å². The van der Waals surface area contributed by atoms with Crippen molar-refractivity contribution in [1.29, 1.82) is 0 Å². The van der Waals surface area contributed by atoms with Gasteiger partial charge in [0.15, 0.2) is 0 Å². The summed E-state index contributed by atoms with van der Waals surface area (Å²) in [7, 11) is 0. The quantitative estimate of drug-likeness (QED) is 0.843. The minimum atomic E-state index is -0.352. The first kappa shape index (κ1) is 18.0. The van der Waals surface area contributed by atoms with Crippen molar-refractivity contribution in [2.45, 2.75) is 26.2 Å². The van der Waals surface area contributed by atoms with E-state index in [9.17, 15) is 14.0 Å². The molecule has 1 fully saturated rings. The Morgan fingerprint density at radius 2 is 2.04 bits per heavy atom. The van der Waals surface area contributed by atoms with E-state index >= 15 is 0 Å². The number of nitrogens with one attached hydrogen (secondary N) is 1. The average Bonchev–Trinajstić information content (AvgIpc) is 2.60. The number of piperidine rings is 1. The van der Waals surface area contributed by atoms with Gasteiger partial charge in [0, 0.05) is 25.1 Å². The van der Waals surface area contributed by atoms with Gasteiger partial charge in [-0.25, -0.2) is 4.39 Å². The van der Waals surface area contributed by atoms with Gasteiger partial charge in [-0.2, -0.15) is 0 Å². The molecule has 1 aliphatic heterocycles. The molecule has 0 unspecified atom stereocenters. The van der Waals surface area contributed by atoms with Crippen LogP contribution in [0.25, 0.3) is 0 Å². The highest BCUT2D eigenvalue weighted by Crippen LogP contribution is 2.29. The molecule has 1 N–H and O–H groups in total. The second-order valence-electron chi connectivity index (χ2n) is 6.16. The number of halogens is 1. The number of hydrogen-bond donors (Lipinski definition) is 1. The van der Waals surface area contributed by atoms with E-state index in [1.807, 2.05) is 0 Å². The lowest BCUT2D eigenvalue weighted by Gasteiger charge is -2.38. The van der Waals surface area contributed by atoms with Crippen LogP contribution in [0.4, 0.5) is 4.39 Å². The molecule has 0 spiro atoms. The Kier molecular flexibility index (Phi) is 6.36. The van der Waals surface area contributed by atoms with Crippen LogP contribution in [0, 0.1) is 30.0 Å². The highest BCUT2D eigenvalue weighted by molar-refractivity contribution is 5.94. The van der Waals surface area contributed by atoms with Crippen molar-refractivity contribution in [3.8, 4) is 12.3 Å². The van der Waals surface area contributed by atoms with Crippen LogP contribution in [0.2, 0.25) is 0 Å².